The molecule has 3 heterocycles. The Bertz CT molecular complexity index is 2130. The predicted molar refractivity (Wildman–Crippen MR) is 182 cm³/mol. The highest BCUT2D eigenvalue weighted by molar-refractivity contribution is 9.10. The van der Waals surface area contributed by atoms with E-state index in [4.69, 9.17) is 4.74 Å². The Morgan fingerprint density at radius 2 is 1.83 bits per heavy atom. The van der Waals surface area contributed by atoms with Crippen LogP contribution in [0.15, 0.2) is 100 Å². The fourth-order valence-corrected chi connectivity index (χ4v) is 7.13. The molecule has 0 bridgehead atoms. The molecule has 0 aliphatic carbocycles. The Morgan fingerprint density at radius 3 is 2.64 bits per heavy atom. The standard InChI is InChI=1S/C33H27BrF2N6O3S2/c34-26-15-23(7-8-30(26)45-18-21-4-3-5-22(35)14-21)41-33-25-16-24(27(36)17-28(25)39-20-40-33)29-19-46-31(42-29)9-11-37-12-13-47(43,44)32-6-1-2-10-38-32/h1-8,10,14-17,19-20,37H,9,11-13,18H2,(H,39,40,41). The molecule has 6 rings (SSSR count). The molecule has 47 heavy (non-hydrogen) atoms. The number of aromatic nitrogens is 4. The van der Waals surface area contributed by atoms with Crippen molar-refractivity contribution in [3.05, 3.63) is 117 Å². The summed E-state index contributed by atoms with van der Waals surface area (Å²) in [4.78, 5) is 17.2. The van der Waals surface area contributed by atoms with Crippen molar-refractivity contribution >= 4 is 59.5 Å². The number of rotatable bonds is 13. The summed E-state index contributed by atoms with van der Waals surface area (Å²) in [7, 11) is -3.46. The van der Waals surface area contributed by atoms with Crippen LogP contribution in [0.1, 0.15) is 10.6 Å². The van der Waals surface area contributed by atoms with Gasteiger partial charge in [-0.25, -0.2) is 37.1 Å². The number of anilines is 2. The van der Waals surface area contributed by atoms with Crippen molar-refractivity contribution < 1.29 is 21.9 Å². The number of pyridine rings is 1. The summed E-state index contributed by atoms with van der Waals surface area (Å²) in [5.74, 6) is 0.217. The van der Waals surface area contributed by atoms with Gasteiger partial charge in [-0.15, -0.1) is 11.3 Å². The van der Waals surface area contributed by atoms with Crippen LogP contribution in [-0.4, -0.2) is 47.2 Å². The largest absolute Gasteiger partial charge is 0.488 e. The Labute approximate surface area is 282 Å². The highest BCUT2D eigenvalue weighted by atomic mass is 79.9. The number of sulfone groups is 1. The fraction of sp³-hybridized carbons (Fsp3) is 0.152. The van der Waals surface area contributed by atoms with E-state index in [0.29, 0.717) is 62.4 Å². The SMILES string of the molecule is O=S(=O)(CCNCCc1nc(-c2cc3c(Nc4ccc(OCc5cccc(F)c5)c(Br)c4)ncnc3cc2F)cs1)c1ccccn1. The number of thiazole rings is 1. The minimum atomic E-state index is -3.46. The average Bonchev–Trinajstić information content (AvgIpc) is 3.53. The molecule has 3 aromatic carbocycles. The van der Waals surface area contributed by atoms with Gasteiger partial charge in [0.15, 0.2) is 14.9 Å². The van der Waals surface area contributed by atoms with Gasteiger partial charge >= 0.3 is 0 Å². The van der Waals surface area contributed by atoms with E-state index in [-0.39, 0.29) is 29.7 Å². The Balaban J connectivity index is 1.10. The number of nitrogens with zero attached hydrogens (tertiary/aromatic N) is 4. The van der Waals surface area contributed by atoms with Crippen molar-refractivity contribution in [1.82, 2.24) is 25.3 Å². The maximum Gasteiger partial charge on any atom is 0.196 e. The summed E-state index contributed by atoms with van der Waals surface area (Å²) in [5.41, 5.74) is 2.65. The van der Waals surface area contributed by atoms with Gasteiger partial charge in [-0.05, 0) is 70.0 Å². The van der Waals surface area contributed by atoms with E-state index < -0.39 is 15.7 Å². The van der Waals surface area contributed by atoms with Crippen LogP contribution in [0.25, 0.3) is 22.2 Å². The van der Waals surface area contributed by atoms with E-state index in [1.54, 1.807) is 41.8 Å². The van der Waals surface area contributed by atoms with Crippen LogP contribution in [0.4, 0.5) is 20.3 Å². The third-order valence-electron chi connectivity index (χ3n) is 7.05. The first-order chi connectivity index (χ1) is 22.7. The molecular formula is C33H27BrF2N6O3S2. The predicted octanol–water partition coefficient (Wildman–Crippen LogP) is 7.12. The topological polar surface area (TPSA) is 119 Å². The van der Waals surface area contributed by atoms with Crippen molar-refractivity contribution in [2.45, 2.75) is 18.1 Å². The third kappa shape index (κ3) is 8.14. The molecule has 6 aromatic rings. The van der Waals surface area contributed by atoms with Crippen molar-refractivity contribution in [2.24, 2.45) is 0 Å². The number of fused-ring (bicyclic) bond motifs is 1. The normalized spacial score (nSPS) is 11.6. The minimum Gasteiger partial charge on any atom is -0.488 e. The van der Waals surface area contributed by atoms with Crippen LogP contribution in [-0.2, 0) is 22.9 Å². The zero-order valence-corrected chi connectivity index (χ0v) is 27.9. The third-order valence-corrected chi connectivity index (χ3v) is 10.2. The number of halogens is 3. The van der Waals surface area contributed by atoms with Gasteiger partial charge in [0.2, 0.25) is 0 Å². The molecule has 240 valence electrons. The molecule has 0 fully saturated rings. The first kappa shape index (κ1) is 32.6. The summed E-state index contributed by atoms with van der Waals surface area (Å²) >= 11 is 4.94. The average molecular weight is 738 g/mol. The molecule has 2 N–H and O–H groups in total. The van der Waals surface area contributed by atoms with Gasteiger partial charge in [-0.1, -0.05) is 18.2 Å². The van der Waals surface area contributed by atoms with Crippen LogP contribution in [0, 0.1) is 11.6 Å². The van der Waals surface area contributed by atoms with Crippen LogP contribution >= 0.6 is 27.3 Å². The van der Waals surface area contributed by atoms with E-state index >= 15 is 4.39 Å². The quantitative estimate of drug-likeness (QED) is 0.120. The second-order valence-corrected chi connectivity index (χ2v) is 14.2. The van der Waals surface area contributed by atoms with E-state index in [1.807, 2.05) is 12.1 Å². The molecular weight excluding hydrogens is 710 g/mol. The van der Waals surface area contributed by atoms with Crippen molar-refractivity contribution in [1.29, 1.82) is 0 Å². The van der Waals surface area contributed by atoms with E-state index in [0.717, 1.165) is 5.01 Å². The lowest BCUT2D eigenvalue weighted by Gasteiger charge is -2.13. The van der Waals surface area contributed by atoms with Gasteiger partial charge in [-0.2, -0.15) is 0 Å². The highest BCUT2D eigenvalue weighted by Crippen LogP contribution is 2.34. The highest BCUT2D eigenvalue weighted by Gasteiger charge is 2.16. The molecule has 9 nitrogen and oxygen atoms in total. The van der Waals surface area contributed by atoms with E-state index in [1.165, 1.54) is 48.1 Å². The monoisotopic (exact) mass is 736 g/mol. The van der Waals surface area contributed by atoms with Gasteiger partial charge < -0.3 is 15.4 Å². The summed E-state index contributed by atoms with van der Waals surface area (Å²) in [6, 6.07) is 19.5. The molecule has 0 amide bonds. The van der Waals surface area contributed by atoms with Crippen molar-refractivity contribution in [2.75, 3.05) is 24.2 Å². The van der Waals surface area contributed by atoms with Crippen LogP contribution in [0.2, 0.25) is 0 Å². The number of hydrogen-bond acceptors (Lipinski definition) is 10. The molecule has 0 unspecified atom stereocenters. The molecule has 0 atom stereocenters. The molecule has 0 spiro atoms. The summed E-state index contributed by atoms with van der Waals surface area (Å²) in [5, 5.41) is 9.66. The van der Waals surface area contributed by atoms with Gasteiger partial charge in [-0.3, -0.25) is 0 Å². The van der Waals surface area contributed by atoms with Gasteiger partial charge in [0.05, 0.1) is 26.4 Å². The maximum absolute atomic E-state index is 15.3. The Hall–Kier alpha value is -4.37. The van der Waals surface area contributed by atoms with Crippen LogP contribution in [0.5, 0.6) is 5.75 Å². The lowest BCUT2D eigenvalue weighted by Crippen LogP contribution is -2.25. The summed E-state index contributed by atoms with van der Waals surface area (Å²) in [6.07, 6.45) is 3.37. The zero-order valence-electron chi connectivity index (χ0n) is 24.7. The Kier molecular flexibility index (Phi) is 10.1. The molecule has 3 aromatic heterocycles. The lowest BCUT2D eigenvalue weighted by atomic mass is 10.1. The van der Waals surface area contributed by atoms with Crippen LogP contribution < -0.4 is 15.4 Å². The molecule has 0 aliphatic heterocycles. The van der Waals surface area contributed by atoms with Crippen molar-refractivity contribution in [3.63, 3.8) is 0 Å². The zero-order chi connectivity index (χ0) is 32.8. The molecule has 14 heteroatoms. The second-order valence-electron chi connectivity index (χ2n) is 10.4. The van der Waals surface area contributed by atoms with E-state index in [9.17, 15) is 12.8 Å². The van der Waals surface area contributed by atoms with Gasteiger partial charge in [0.25, 0.3) is 0 Å². The molecule has 0 saturated heterocycles. The second kappa shape index (κ2) is 14.6. The fourth-order valence-electron chi connectivity index (χ4n) is 4.71. The number of benzene rings is 3. The minimum absolute atomic E-state index is 0.0575. The van der Waals surface area contributed by atoms with Crippen LogP contribution in [0.3, 0.4) is 0 Å². The Morgan fingerprint density at radius 1 is 0.936 bits per heavy atom. The molecule has 0 radical (unpaired) electrons. The summed E-state index contributed by atoms with van der Waals surface area (Å²) < 4.78 is 60.1. The first-order valence-corrected chi connectivity index (χ1v) is 17.7. The van der Waals surface area contributed by atoms with Gasteiger partial charge in [0, 0.05) is 53.8 Å². The lowest BCUT2D eigenvalue weighted by molar-refractivity contribution is 0.303. The summed E-state index contributed by atoms with van der Waals surface area (Å²) in [6.45, 7) is 0.990. The maximum atomic E-state index is 15.3. The first-order valence-electron chi connectivity index (χ1n) is 14.4. The number of nitrogens with one attached hydrogen (secondary N) is 2. The van der Waals surface area contributed by atoms with E-state index in [2.05, 4.69) is 46.5 Å². The molecule has 0 aliphatic rings. The van der Waals surface area contributed by atoms with Gasteiger partial charge in [0.1, 0.15) is 36.1 Å². The number of ether oxygens (including phenoxy) is 1. The molecule has 0 saturated carbocycles. The van der Waals surface area contributed by atoms with Crippen molar-refractivity contribution in [3.8, 4) is 17.0 Å². The number of hydrogen-bond donors (Lipinski definition) is 2. The smallest absolute Gasteiger partial charge is 0.196 e.